The van der Waals surface area contributed by atoms with E-state index < -0.39 is 0 Å². The Morgan fingerprint density at radius 2 is 1.65 bits per heavy atom. The van der Waals surface area contributed by atoms with Crippen LogP contribution < -0.4 is 5.32 Å². The van der Waals surface area contributed by atoms with Crippen molar-refractivity contribution < 1.29 is 0 Å². The van der Waals surface area contributed by atoms with E-state index in [1.807, 2.05) is 0 Å². The Balaban J connectivity index is 1.62. The topological polar surface area (TPSA) is 12.0 Å². The van der Waals surface area contributed by atoms with Crippen LogP contribution in [-0.4, -0.2) is 13.1 Å². The molecule has 0 bridgehead atoms. The van der Waals surface area contributed by atoms with E-state index >= 15 is 0 Å². The lowest BCUT2D eigenvalue weighted by Gasteiger charge is -2.37. The first-order chi connectivity index (χ1) is 8.22. The molecule has 17 heavy (non-hydrogen) atoms. The van der Waals surface area contributed by atoms with Gasteiger partial charge in [-0.25, -0.2) is 0 Å². The quantitative estimate of drug-likeness (QED) is 0.786. The summed E-state index contributed by atoms with van der Waals surface area (Å²) in [7, 11) is 2.21. The first-order valence-electron chi connectivity index (χ1n) is 7.89. The van der Waals surface area contributed by atoms with E-state index in [0.29, 0.717) is 0 Å². The smallest absolute Gasteiger partial charge is 0.0126 e. The molecule has 3 aliphatic carbocycles. The zero-order valence-electron chi connectivity index (χ0n) is 11.8. The number of nitrogens with one attached hydrogen (secondary N) is 1. The van der Waals surface area contributed by atoms with Crippen LogP contribution >= 0.6 is 0 Å². The molecule has 1 nitrogen and oxygen atoms in total. The first kappa shape index (κ1) is 12.0. The highest BCUT2D eigenvalue weighted by molar-refractivity contribution is 5.07. The fourth-order valence-corrected chi connectivity index (χ4v) is 5.07. The summed E-state index contributed by atoms with van der Waals surface area (Å²) in [5.41, 5.74) is 0. The van der Waals surface area contributed by atoms with Gasteiger partial charge in [0.05, 0.1) is 0 Å². The van der Waals surface area contributed by atoms with Crippen LogP contribution in [0.15, 0.2) is 0 Å². The number of rotatable bonds is 3. The minimum Gasteiger partial charge on any atom is -0.316 e. The summed E-state index contributed by atoms with van der Waals surface area (Å²) in [5.74, 6) is 6.16. The number of hydrogen-bond acceptors (Lipinski definition) is 1. The first-order valence-corrected chi connectivity index (χ1v) is 7.89. The number of fused-ring (bicyclic) bond motifs is 1. The maximum absolute atomic E-state index is 3.70. The van der Waals surface area contributed by atoms with Crippen molar-refractivity contribution in [1.82, 2.24) is 5.32 Å². The Bertz CT molecular complexity index is 265. The maximum atomic E-state index is 3.70. The monoisotopic (exact) mass is 235 g/mol. The molecule has 1 N–H and O–H groups in total. The molecule has 6 unspecified atom stereocenters. The molecular weight excluding hydrogens is 206 g/mol. The van der Waals surface area contributed by atoms with Gasteiger partial charge in [-0.15, -0.1) is 0 Å². The van der Waals surface area contributed by atoms with E-state index in [1.165, 1.54) is 38.5 Å². The van der Waals surface area contributed by atoms with Crippen molar-refractivity contribution in [1.29, 1.82) is 0 Å². The van der Waals surface area contributed by atoms with Gasteiger partial charge in [-0.2, -0.15) is 0 Å². The van der Waals surface area contributed by atoms with Crippen LogP contribution in [0.1, 0.15) is 52.4 Å². The summed E-state index contributed by atoms with van der Waals surface area (Å²) < 4.78 is 0. The normalized spacial score (nSPS) is 51.0. The van der Waals surface area contributed by atoms with E-state index in [1.54, 1.807) is 0 Å². The molecule has 0 aromatic heterocycles. The lowest BCUT2D eigenvalue weighted by Crippen LogP contribution is -2.40. The molecule has 0 saturated heterocycles. The number of hydrogen-bond donors (Lipinski definition) is 1. The van der Waals surface area contributed by atoms with Gasteiger partial charge in [0.15, 0.2) is 0 Å². The molecule has 98 valence electrons. The van der Waals surface area contributed by atoms with Gasteiger partial charge < -0.3 is 5.32 Å². The van der Waals surface area contributed by atoms with E-state index in [-0.39, 0.29) is 0 Å². The van der Waals surface area contributed by atoms with Gasteiger partial charge in [0.1, 0.15) is 0 Å². The fourth-order valence-electron chi connectivity index (χ4n) is 5.07. The van der Waals surface area contributed by atoms with Gasteiger partial charge in [-0.1, -0.05) is 26.7 Å². The van der Waals surface area contributed by atoms with Crippen LogP contribution in [0.4, 0.5) is 0 Å². The van der Waals surface area contributed by atoms with Gasteiger partial charge >= 0.3 is 0 Å². The summed E-state index contributed by atoms with van der Waals surface area (Å²) in [4.78, 5) is 0. The average Bonchev–Trinajstić information content (AvgIpc) is 2.79. The molecule has 3 fully saturated rings. The minimum atomic E-state index is 0.847. The summed E-state index contributed by atoms with van der Waals surface area (Å²) >= 11 is 0. The van der Waals surface area contributed by atoms with Gasteiger partial charge in [-0.3, -0.25) is 0 Å². The third-order valence-electron chi connectivity index (χ3n) is 6.37. The van der Waals surface area contributed by atoms with Crippen LogP contribution in [0.2, 0.25) is 0 Å². The summed E-state index contributed by atoms with van der Waals surface area (Å²) in [6.07, 6.45) is 9.00. The lowest BCUT2D eigenvalue weighted by molar-refractivity contribution is 0.158. The van der Waals surface area contributed by atoms with Crippen LogP contribution in [-0.2, 0) is 0 Å². The Morgan fingerprint density at radius 1 is 0.941 bits per heavy atom. The average molecular weight is 235 g/mol. The highest BCUT2D eigenvalue weighted by Gasteiger charge is 2.56. The Labute approximate surface area is 107 Å². The molecule has 0 radical (unpaired) electrons. The standard InChI is InChI=1S/C16H29N/c1-10-7-8-12(9-11(10)2)16(17-3)15-13-5-4-6-14(13)15/h10-17H,4-9H2,1-3H3. The molecule has 0 heterocycles. The molecule has 3 rings (SSSR count). The highest BCUT2D eigenvalue weighted by Crippen LogP contribution is 2.60. The second-order valence-corrected chi connectivity index (χ2v) is 7.18. The molecule has 3 aliphatic rings. The molecule has 3 saturated carbocycles. The van der Waals surface area contributed by atoms with Gasteiger partial charge in [-0.05, 0) is 68.2 Å². The second-order valence-electron chi connectivity index (χ2n) is 7.18. The van der Waals surface area contributed by atoms with Crippen molar-refractivity contribution in [2.45, 2.75) is 58.4 Å². The van der Waals surface area contributed by atoms with Gasteiger partial charge in [0.25, 0.3) is 0 Å². The molecule has 0 aliphatic heterocycles. The Hall–Kier alpha value is -0.0400. The zero-order chi connectivity index (χ0) is 12.0. The van der Waals surface area contributed by atoms with E-state index in [0.717, 1.165) is 41.5 Å². The molecule has 0 spiro atoms. The summed E-state index contributed by atoms with van der Waals surface area (Å²) in [5, 5.41) is 3.70. The van der Waals surface area contributed by atoms with E-state index in [2.05, 4.69) is 26.2 Å². The van der Waals surface area contributed by atoms with E-state index in [4.69, 9.17) is 0 Å². The van der Waals surface area contributed by atoms with Crippen molar-refractivity contribution in [3.8, 4) is 0 Å². The van der Waals surface area contributed by atoms with Crippen LogP contribution in [0, 0.1) is 35.5 Å². The van der Waals surface area contributed by atoms with Crippen LogP contribution in [0.25, 0.3) is 0 Å². The van der Waals surface area contributed by atoms with Crippen molar-refractivity contribution in [2.75, 3.05) is 7.05 Å². The third-order valence-corrected chi connectivity index (χ3v) is 6.37. The Morgan fingerprint density at radius 3 is 2.24 bits per heavy atom. The van der Waals surface area contributed by atoms with Crippen molar-refractivity contribution in [2.24, 2.45) is 35.5 Å². The predicted molar refractivity (Wildman–Crippen MR) is 72.8 cm³/mol. The summed E-state index contributed by atoms with van der Waals surface area (Å²) in [6.45, 7) is 4.92. The van der Waals surface area contributed by atoms with Crippen molar-refractivity contribution >= 4 is 0 Å². The fraction of sp³-hybridized carbons (Fsp3) is 1.00. The maximum Gasteiger partial charge on any atom is 0.0126 e. The lowest BCUT2D eigenvalue weighted by atomic mass is 9.72. The van der Waals surface area contributed by atoms with Crippen LogP contribution in [0.5, 0.6) is 0 Å². The van der Waals surface area contributed by atoms with Gasteiger partial charge in [0.2, 0.25) is 0 Å². The van der Waals surface area contributed by atoms with E-state index in [9.17, 15) is 0 Å². The molecule has 1 heteroatoms. The van der Waals surface area contributed by atoms with Crippen molar-refractivity contribution in [3.05, 3.63) is 0 Å². The predicted octanol–water partition coefficient (Wildman–Crippen LogP) is 3.69. The molecule has 0 amide bonds. The van der Waals surface area contributed by atoms with Crippen molar-refractivity contribution in [3.63, 3.8) is 0 Å². The third kappa shape index (κ3) is 2.05. The molecular formula is C16H29N. The minimum absolute atomic E-state index is 0.847. The zero-order valence-corrected chi connectivity index (χ0v) is 11.8. The highest BCUT2D eigenvalue weighted by atomic mass is 14.9. The Kier molecular flexibility index (Phi) is 3.23. The molecule has 6 atom stereocenters. The SMILES string of the molecule is CNC(C1CCC(C)C(C)C1)C1C2CCCC21. The van der Waals surface area contributed by atoms with Crippen LogP contribution in [0.3, 0.4) is 0 Å². The largest absolute Gasteiger partial charge is 0.316 e. The molecule has 0 aromatic rings. The second kappa shape index (κ2) is 4.57. The van der Waals surface area contributed by atoms with Gasteiger partial charge in [0, 0.05) is 6.04 Å². The summed E-state index contributed by atoms with van der Waals surface area (Å²) in [6, 6.07) is 0.847. The molecule has 0 aromatic carbocycles.